The van der Waals surface area contributed by atoms with Crippen molar-refractivity contribution in [2.45, 2.75) is 64.1 Å². The number of nitrogens with zero attached hydrogens (tertiary/aromatic N) is 3. The molecule has 170 valence electrons. The van der Waals surface area contributed by atoms with Gasteiger partial charge in [-0.1, -0.05) is 43.2 Å². The van der Waals surface area contributed by atoms with Gasteiger partial charge < -0.3 is 20.1 Å². The molecule has 1 saturated carbocycles. The number of imidazole rings is 1. The van der Waals surface area contributed by atoms with Crippen LogP contribution in [0, 0.1) is 0 Å². The Kier molecular flexibility index (Phi) is 6.30. The Labute approximate surface area is 188 Å². The maximum absolute atomic E-state index is 13.4. The van der Waals surface area contributed by atoms with Crippen molar-refractivity contribution < 1.29 is 14.4 Å². The van der Waals surface area contributed by atoms with Gasteiger partial charge in [-0.15, -0.1) is 0 Å². The highest BCUT2D eigenvalue weighted by molar-refractivity contribution is 6.07. The van der Waals surface area contributed by atoms with E-state index in [4.69, 9.17) is 0 Å². The molecule has 2 aromatic rings. The Bertz CT molecular complexity index is 996. The Morgan fingerprint density at radius 3 is 2.59 bits per heavy atom. The van der Waals surface area contributed by atoms with Crippen LogP contribution >= 0.6 is 0 Å². The van der Waals surface area contributed by atoms with Gasteiger partial charge in [-0.3, -0.25) is 14.4 Å². The van der Waals surface area contributed by atoms with E-state index in [1.165, 1.54) is 6.33 Å². The molecule has 0 radical (unpaired) electrons. The van der Waals surface area contributed by atoms with Crippen LogP contribution in [-0.2, 0) is 17.8 Å². The molecule has 0 saturated heterocycles. The molecule has 0 spiro atoms. The molecule has 2 heterocycles. The first-order valence-electron chi connectivity index (χ1n) is 11.4. The highest BCUT2D eigenvalue weighted by Gasteiger charge is 2.48. The van der Waals surface area contributed by atoms with Crippen LogP contribution in [-0.4, -0.2) is 56.8 Å². The van der Waals surface area contributed by atoms with E-state index in [0.29, 0.717) is 19.5 Å². The molecule has 1 aromatic heterocycles. The number of carbonyl (C=O) groups is 3. The van der Waals surface area contributed by atoms with E-state index in [1.807, 2.05) is 37.3 Å². The lowest BCUT2D eigenvalue weighted by atomic mass is 9.94. The van der Waals surface area contributed by atoms with Crippen LogP contribution in [0.15, 0.2) is 36.7 Å². The molecule has 2 aliphatic rings. The summed E-state index contributed by atoms with van der Waals surface area (Å²) in [6, 6.07) is 10.0. The fraction of sp³-hybridized carbons (Fsp3) is 0.500. The third-order valence-corrected chi connectivity index (χ3v) is 6.61. The molecule has 2 N–H and O–H groups in total. The van der Waals surface area contributed by atoms with Crippen LogP contribution < -0.4 is 10.6 Å². The van der Waals surface area contributed by atoms with Crippen LogP contribution in [0.3, 0.4) is 0 Å². The summed E-state index contributed by atoms with van der Waals surface area (Å²) in [6.45, 7) is 4.73. The molecule has 1 fully saturated rings. The van der Waals surface area contributed by atoms with E-state index in [-0.39, 0.29) is 41.7 Å². The minimum absolute atomic E-state index is 0.111. The average Bonchev–Trinajstić information content (AvgIpc) is 3.44. The van der Waals surface area contributed by atoms with Crippen LogP contribution in [0.4, 0.5) is 0 Å². The second-order valence-electron chi connectivity index (χ2n) is 8.84. The maximum Gasteiger partial charge on any atom is 0.273 e. The van der Waals surface area contributed by atoms with Crippen molar-refractivity contribution in [1.82, 2.24) is 25.1 Å². The molecule has 8 heteroatoms. The molecule has 0 bridgehead atoms. The van der Waals surface area contributed by atoms with E-state index in [1.54, 1.807) is 16.4 Å². The first-order valence-corrected chi connectivity index (χ1v) is 11.4. The number of aromatic nitrogens is 2. The number of amides is 3. The molecule has 0 unspecified atom stereocenters. The van der Waals surface area contributed by atoms with Crippen molar-refractivity contribution in [1.29, 1.82) is 0 Å². The number of fused-ring (bicyclic) bond motifs is 1. The minimum atomic E-state index is -1.02. The monoisotopic (exact) mass is 437 g/mol. The van der Waals surface area contributed by atoms with Gasteiger partial charge in [-0.05, 0) is 38.7 Å². The van der Waals surface area contributed by atoms with E-state index in [0.717, 1.165) is 31.2 Å². The second kappa shape index (κ2) is 9.14. The molecule has 1 aliphatic carbocycles. The van der Waals surface area contributed by atoms with Crippen molar-refractivity contribution in [3.63, 3.8) is 0 Å². The summed E-state index contributed by atoms with van der Waals surface area (Å²) in [7, 11) is 0. The summed E-state index contributed by atoms with van der Waals surface area (Å²) in [5.41, 5.74) is 0.454. The summed E-state index contributed by atoms with van der Waals surface area (Å²) in [6.07, 6.45) is 6.38. The molecule has 1 aliphatic heterocycles. The van der Waals surface area contributed by atoms with Crippen molar-refractivity contribution >= 4 is 17.7 Å². The number of hydrogen-bond donors (Lipinski definition) is 2. The first kappa shape index (κ1) is 22.0. The van der Waals surface area contributed by atoms with Crippen molar-refractivity contribution in [2.24, 2.45) is 0 Å². The zero-order valence-electron chi connectivity index (χ0n) is 18.8. The molecule has 1 aromatic carbocycles. The van der Waals surface area contributed by atoms with Gasteiger partial charge in [0.2, 0.25) is 5.91 Å². The molecular weight excluding hydrogens is 406 g/mol. The fourth-order valence-corrected chi connectivity index (χ4v) is 4.81. The van der Waals surface area contributed by atoms with E-state index >= 15 is 0 Å². The van der Waals surface area contributed by atoms with Gasteiger partial charge in [0.25, 0.3) is 11.8 Å². The summed E-state index contributed by atoms with van der Waals surface area (Å²) in [4.78, 5) is 45.2. The quantitative estimate of drug-likeness (QED) is 0.694. The summed E-state index contributed by atoms with van der Waals surface area (Å²) >= 11 is 0. The van der Waals surface area contributed by atoms with Crippen LogP contribution in [0.5, 0.6) is 0 Å². The Morgan fingerprint density at radius 1 is 1.19 bits per heavy atom. The standard InChI is InChI=1S/C24H31N5O3/c1-3-29-22(31)20-19(21(30)25-14-13-17-9-5-4-6-10-17)26-16-28(20)15-24(29,2)23(32)27-18-11-7-8-12-18/h4-6,9-10,16,18H,3,7-8,11-15H2,1-2H3,(H,25,30)(H,27,32)/t24-/m0/s1. The third-order valence-electron chi connectivity index (χ3n) is 6.61. The lowest BCUT2D eigenvalue weighted by Gasteiger charge is -2.43. The SMILES string of the molecule is CCN1C(=O)c2c(C(=O)NCCc3ccccc3)ncn2C[C@@]1(C)C(=O)NC1CCCC1. The Morgan fingerprint density at radius 2 is 1.91 bits per heavy atom. The summed E-state index contributed by atoms with van der Waals surface area (Å²) in [5, 5.41) is 6.00. The number of nitrogens with one attached hydrogen (secondary N) is 2. The lowest BCUT2D eigenvalue weighted by Crippen LogP contribution is -2.64. The topological polar surface area (TPSA) is 96.3 Å². The Balaban J connectivity index is 1.49. The van der Waals surface area contributed by atoms with E-state index in [9.17, 15) is 14.4 Å². The van der Waals surface area contributed by atoms with Gasteiger partial charge in [-0.2, -0.15) is 0 Å². The first-order chi connectivity index (χ1) is 15.4. The zero-order valence-corrected chi connectivity index (χ0v) is 18.8. The number of rotatable bonds is 7. The highest BCUT2D eigenvalue weighted by Crippen LogP contribution is 2.29. The molecule has 4 rings (SSSR count). The van der Waals surface area contributed by atoms with Gasteiger partial charge in [-0.25, -0.2) is 4.98 Å². The van der Waals surface area contributed by atoms with Gasteiger partial charge in [0.05, 0.1) is 12.9 Å². The van der Waals surface area contributed by atoms with Crippen molar-refractivity contribution in [3.05, 3.63) is 53.6 Å². The van der Waals surface area contributed by atoms with Crippen molar-refractivity contribution in [2.75, 3.05) is 13.1 Å². The number of likely N-dealkylation sites (N-methyl/N-ethyl adjacent to an activating group) is 1. The maximum atomic E-state index is 13.4. The molecular formula is C24H31N5O3. The van der Waals surface area contributed by atoms with Crippen molar-refractivity contribution in [3.8, 4) is 0 Å². The predicted molar refractivity (Wildman–Crippen MR) is 120 cm³/mol. The van der Waals surface area contributed by atoms with Gasteiger partial charge in [0.1, 0.15) is 11.2 Å². The van der Waals surface area contributed by atoms with Gasteiger partial charge >= 0.3 is 0 Å². The fourth-order valence-electron chi connectivity index (χ4n) is 4.81. The average molecular weight is 438 g/mol. The molecule has 3 amide bonds. The lowest BCUT2D eigenvalue weighted by molar-refractivity contribution is -0.133. The normalized spacial score (nSPS) is 20.8. The summed E-state index contributed by atoms with van der Waals surface area (Å²) in [5.74, 6) is -0.862. The smallest absolute Gasteiger partial charge is 0.273 e. The minimum Gasteiger partial charge on any atom is -0.351 e. The van der Waals surface area contributed by atoms with E-state index < -0.39 is 5.54 Å². The Hall–Kier alpha value is -3.16. The van der Waals surface area contributed by atoms with Crippen LogP contribution in [0.25, 0.3) is 0 Å². The van der Waals surface area contributed by atoms with Crippen LogP contribution in [0.2, 0.25) is 0 Å². The molecule has 1 atom stereocenters. The van der Waals surface area contributed by atoms with Gasteiger partial charge in [0, 0.05) is 19.1 Å². The number of benzene rings is 1. The molecule has 8 nitrogen and oxygen atoms in total. The van der Waals surface area contributed by atoms with Gasteiger partial charge in [0.15, 0.2) is 5.69 Å². The van der Waals surface area contributed by atoms with E-state index in [2.05, 4.69) is 15.6 Å². The highest BCUT2D eigenvalue weighted by atomic mass is 16.2. The third kappa shape index (κ3) is 4.13. The number of hydrogen-bond acceptors (Lipinski definition) is 4. The molecule has 32 heavy (non-hydrogen) atoms. The summed E-state index contributed by atoms with van der Waals surface area (Å²) < 4.78 is 1.65. The van der Waals surface area contributed by atoms with Crippen LogP contribution in [0.1, 0.15) is 66.1 Å². The zero-order chi connectivity index (χ0) is 22.7. The number of carbonyl (C=O) groups excluding carboxylic acids is 3. The predicted octanol–water partition coefficient (Wildman–Crippen LogP) is 2.15. The largest absolute Gasteiger partial charge is 0.351 e. The second-order valence-corrected chi connectivity index (χ2v) is 8.84.